The van der Waals surface area contributed by atoms with Gasteiger partial charge in [-0.25, -0.2) is 0 Å². The van der Waals surface area contributed by atoms with Gasteiger partial charge in [-0.1, -0.05) is 35.4 Å². The number of carbonyl (C=O) groups excluding carboxylic acids is 3. The Kier molecular flexibility index (Phi) is 6.23. The van der Waals surface area contributed by atoms with Crippen LogP contribution in [-0.2, 0) is 19.1 Å². The molecule has 0 aliphatic carbocycles. The van der Waals surface area contributed by atoms with E-state index >= 15 is 0 Å². The van der Waals surface area contributed by atoms with E-state index in [2.05, 4.69) is 5.32 Å². The van der Waals surface area contributed by atoms with Gasteiger partial charge in [0, 0.05) is 29.4 Å². The van der Waals surface area contributed by atoms with E-state index in [-0.39, 0.29) is 18.9 Å². The number of aryl methyl sites for hydroxylation is 3. The van der Waals surface area contributed by atoms with Gasteiger partial charge in [0.1, 0.15) is 0 Å². The lowest BCUT2D eigenvalue weighted by Gasteiger charge is -2.17. The lowest BCUT2D eigenvalue weighted by molar-refractivity contribution is -0.151. The summed E-state index contributed by atoms with van der Waals surface area (Å²) in [6.45, 7) is 5.55. The largest absolute Gasteiger partial charge is 0.455 e. The fourth-order valence-corrected chi connectivity index (χ4v) is 3.43. The molecule has 2 aromatic rings. The van der Waals surface area contributed by atoms with E-state index in [1.807, 2.05) is 45.0 Å². The predicted molar refractivity (Wildman–Crippen MR) is 112 cm³/mol. The summed E-state index contributed by atoms with van der Waals surface area (Å²) in [6.07, 6.45) is 0.0447. The number of halogens is 1. The van der Waals surface area contributed by atoms with E-state index in [4.69, 9.17) is 16.3 Å². The van der Waals surface area contributed by atoms with Crippen molar-refractivity contribution in [3.05, 3.63) is 58.1 Å². The molecule has 6 nitrogen and oxygen atoms in total. The van der Waals surface area contributed by atoms with Crippen molar-refractivity contribution in [2.75, 3.05) is 23.4 Å². The number of rotatable bonds is 5. The summed E-state index contributed by atoms with van der Waals surface area (Å²) in [4.78, 5) is 38.3. The molecule has 0 bridgehead atoms. The molecule has 1 fully saturated rings. The molecule has 2 amide bonds. The summed E-state index contributed by atoms with van der Waals surface area (Å²) in [5.74, 6) is -1.77. The van der Waals surface area contributed by atoms with Crippen molar-refractivity contribution in [1.29, 1.82) is 0 Å². The van der Waals surface area contributed by atoms with Crippen molar-refractivity contribution < 1.29 is 19.1 Å². The van der Waals surface area contributed by atoms with E-state index in [1.165, 1.54) is 4.90 Å². The van der Waals surface area contributed by atoms with Gasteiger partial charge in [0.2, 0.25) is 5.91 Å². The lowest BCUT2D eigenvalue weighted by atomic mass is 10.1. The SMILES string of the molecule is Cc1ccc(NC(=O)COC(=O)[C@@H]2CC(=O)N(c3ccc(C)c(Cl)c3)C2)c(C)c1. The first-order valence-electron chi connectivity index (χ1n) is 9.35. The highest BCUT2D eigenvalue weighted by atomic mass is 35.5. The Morgan fingerprint density at radius 1 is 1.14 bits per heavy atom. The van der Waals surface area contributed by atoms with Crippen molar-refractivity contribution >= 4 is 40.8 Å². The first kappa shape index (κ1) is 20.9. The van der Waals surface area contributed by atoms with Crippen molar-refractivity contribution in [3.8, 4) is 0 Å². The van der Waals surface area contributed by atoms with Gasteiger partial charge >= 0.3 is 5.97 Å². The third-order valence-corrected chi connectivity index (χ3v) is 5.33. The Balaban J connectivity index is 1.55. The van der Waals surface area contributed by atoms with Gasteiger partial charge in [0.15, 0.2) is 6.61 Å². The topological polar surface area (TPSA) is 75.7 Å². The molecule has 1 N–H and O–H groups in total. The maximum Gasteiger partial charge on any atom is 0.311 e. The number of hydrogen-bond acceptors (Lipinski definition) is 4. The number of ether oxygens (including phenoxy) is 1. The maximum atomic E-state index is 12.4. The van der Waals surface area contributed by atoms with E-state index in [0.29, 0.717) is 16.4 Å². The van der Waals surface area contributed by atoms with E-state index in [1.54, 1.807) is 12.1 Å². The van der Waals surface area contributed by atoms with Gasteiger partial charge in [-0.05, 0) is 50.1 Å². The van der Waals surface area contributed by atoms with E-state index < -0.39 is 24.4 Å². The Morgan fingerprint density at radius 3 is 2.59 bits per heavy atom. The minimum absolute atomic E-state index is 0.0447. The van der Waals surface area contributed by atoms with Crippen LogP contribution in [0.15, 0.2) is 36.4 Å². The molecular weight excluding hydrogens is 392 g/mol. The zero-order valence-corrected chi connectivity index (χ0v) is 17.4. The molecule has 0 radical (unpaired) electrons. The zero-order valence-electron chi connectivity index (χ0n) is 16.6. The highest BCUT2D eigenvalue weighted by molar-refractivity contribution is 6.31. The third-order valence-electron chi connectivity index (χ3n) is 4.93. The fraction of sp³-hybridized carbons (Fsp3) is 0.318. The number of anilines is 2. The highest BCUT2D eigenvalue weighted by Crippen LogP contribution is 2.29. The summed E-state index contributed by atoms with van der Waals surface area (Å²) >= 11 is 6.14. The Hall–Kier alpha value is -2.86. The van der Waals surface area contributed by atoms with Gasteiger partial charge in [-0.3, -0.25) is 14.4 Å². The van der Waals surface area contributed by atoms with Crippen LogP contribution in [0.3, 0.4) is 0 Å². The number of nitrogens with one attached hydrogen (secondary N) is 1. The minimum atomic E-state index is -0.614. The molecule has 0 saturated carbocycles. The summed E-state index contributed by atoms with van der Waals surface area (Å²) in [6, 6.07) is 11.0. The molecule has 1 saturated heterocycles. The summed E-state index contributed by atoms with van der Waals surface area (Å²) in [7, 11) is 0. The zero-order chi connectivity index (χ0) is 21.1. The molecule has 152 valence electrons. The molecule has 1 aliphatic heterocycles. The summed E-state index contributed by atoms with van der Waals surface area (Å²) in [5.41, 5.74) is 4.26. The quantitative estimate of drug-likeness (QED) is 0.755. The van der Waals surface area contributed by atoms with Gasteiger partial charge < -0.3 is 15.0 Å². The second kappa shape index (κ2) is 8.66. The number of esters is 1. The minimum Gasteiger partial charge on any atom is -0.455 e. The van der Waals surface area contributed by atoms with Crippen molar-refractivity contribution in [3.63, 3.8) is 0 Å². The first-order chi connectivity index (χ1) is 13.7. The standard InChI is InChI=1S/C22H23ClN2O4/c1-13-4-7-19(15(3)8-13)24-20(26)12-29-22(28)16-9-21(27)25(11-16)17-6-5-14(2)18(23)10-17/h4-8,10,16H,9,11-12H2,1-3H3,(H,24,26)/t16-/m1/s1. The number of hydrogen-bond donors (Lipinski definition) is 1. The summed E-state index contributed by atoms with van der Waals surface area (Å²) < 4.78 is 5.14. The Bertz CT molecular complexity index is 973. The highest BCUT2D eigenvalue weighted by Gasteiger charge is 2.36. The molecular formula is C22H23ClN2O4. The van der Waals surface area contributed by atoms with Crippen LogP contribution in [0, 0.1) is 26.7 Å². The lowest BCUT2D eigenvalue weighted by Crippen LogP contribution is -2.28. The molecule has 3 rings (SSSR count). The predicted octanol–water partition coefficient (Wildman–Crippen LogP) is 3.80. The number of nitrogens with zero attached hydrogens (tertiary/aromatic N) is 1. The van der Waals surface area contributed by atoms with Gasteiger partial charge in [0.25, 0.3) is 5.91 Å². The molecule has 7 heteroatoms. The van der Waals surface area contributed by atoms with Crippen LogP contribution < -0.4 is 10.2 Å². The van der Waals surface area contributed by atoms with Gasteiger partial charge in [0.05, 0.1) is 5.92 Å². The fourth-order valence-electron chi connectivity index (χ4n) is 3.26. The molecule has 1 atom stereocenters. The molecule has 0 spiro atoms. The van der Waals surface area contributed by atoms with Crippen LogP contribution >= 0.6 is 11.6 Å². The second-order valence-corrected chi connectivity index (χ2v) is 7.72. The van der Waals surface area contributed by atoms with Crippen molar-refractivity contribution in [2.45, 2.75) is 27.2 Å². The molecule has 29 heavy (non-hydrogen) atoms. The van der Waals surface area contributed by atoms with E-state index in [0.717, 1.165) is 16.7 Å². The van der Waals surface area contributed by atoms with Gasteiger partial charge in [-0.15, -0.1) is 0 Å². The maximum absolute atomic E-state index is 12.4. The third kappa shape index (κ3) is 4.95. The van der Waals surface area contributed by atoms with Gasteiger partial charge in [-0.2, -0.15) is 0 Å². The number of benzene rings is 2. The van der Waals surface area contributed by atoms with Crippen molar-refractivity contribution in [1.82, 2.24) is 0 Å². The first-order valence-corrected chi connectivity index (χ1v) is 9.72. The second-order valence-electron chi connectivity index (χ2n) is 7.31. The number of amides is 2. The molecule has 0 aromatic heterocycles. The average Bonchev–Trinajstić information content (AvgIpc) is 3.06. The number of carbonyl (C=O) groups is 3. The monoisotopic (exact) mass is 414 g/mol. The normalized spacial score (nSPS) is 16.1. The van der Waals surface area contributed by atoms with Crippen LogP contribution in [0.4, 0.5) is 11.4 Å². The Morgan fingerprint density at radius 2 is 1.90 bits per heavy atom. The molecule has 0 unspecified atom stereocenters. The van der Waals surface area contributed by atoms with Crippen LogP contribution in [-0.4, -0.2) is 30.9 Å². The Labute approximate surface area is 174 Å². The van der Waals surface area contributed by atoms with E-state index in [9.17, 15) is 14.4 Å². The molecule has 1 aliphatic rings. The van der Waals surface area contributed by atoms with Crippen LogP contribution in [0.2, 0.25) is 5.02 Å². The van der Waals surface area contributed by atoms with Crippen LogP contribution in [0.5, 0.6) is 0 Å². The molecule has 2 aromatic carbocycles. The summed E-state index contributed by atoms with van der Waals surface area (Å²) in [5, 5.41) is 3.29. The van der Waals surface area contributed by atoms with Crippen molar-refractivity contribution in [2.24, 2.45) is 5.92 Å². The smallest absolute Gasteiger partial charge is 0.311 e. The van der Waals surface area contributed by atoms with Crippen LogP contribution in [0.1, 0.15) is 23.1 Å². The van der Waals surface area contributed by atoms with Crippen LogP contribution in [0.25, 0.3) is 0 Å². The average molecular weight is 415 g/mol. The molecule has 1 heterocycles.